The molecule has 0 unspecified atom stereocenters. The Morgan fingerprint density at radius 1 is 0.358 bits per heavy atom. The summed E-state index contributed by atoms with van der Waals surface area (Å²) in [5.41, 5.74) is 6.93. The number of aromatic nitrogens is 24. The maximum absolute atomic E-state index is 12.1. The van der Waals surface area contributed by atoms with Gasteiger partial charge in [0.1, 0.15) is 0 Å². The zero-order chi connectivity index (χ0) is 76.0. The molecule has 0 fully saturated rings. The van der Waals surface area contributed by atoms with E-state index in [1.165, 1.54) is 38.0 Å². The zero-order valence-corrected chi connectivity index (χ0v) is 57.4. The molecule has 39 nitrogen and oxygen atoms in total. The van der Waals surface area contributed by atoms with E-state index in [9.17, 15) is 43.2 Å². The SMILES string of the molecule is CCCCNc1nc2nc[nH]c2c(=O)[nH]1.Cc1ccccc1C(=O)Nc1nc2nc[nH]c2c(=O)[nH]1.O=C(Cc1ccccc1)Nc1nc2nc[nH]c2c(=O)[nH]1.O=C(Nc1nc2nc[nH]c2c(=O)[nH]1)c1ccccc1.O=c1[nH]c(NCc2ccccc2)nc2nc[nH]c12.O=c1[nH]c(Nc2ccccc2)nc2nc[nH]c12. The number of fused-ring (bicyclic) bond motifs is 6. The summed E-state index contributed by atoms with van der Waals surface area (Å²) in [7, 11) is 0. The molecule has 0 aliphatic rings. The summed E-state index contributed by atoms with van der Waals surface area (Å²) in [6.45, 7) is 5.34. The lowest BCUT2D eigenvalue weighted by atomic mass is 10.1. The van der Waals surface area contributed by atoms with Crippen LogP contribution in [0.1, 0.15) is 57.2 Å². The van der Waals surface area contributed by atoms with Crippen molar-refractivity contribution >= 4 is 126 Å². The fourth-order valence-corrected chi connectivity index (χ4v) is 10.0. The van der Waals surface area contributed by atoms with Crippen LogP contribution in [-0.2, 0) is 17.8 Å². The molecular formula is C70H64N30O9. The van der Waals surface area contributed by atoms with Gasteiger partial charge in [-0.05, 0) is 60.4 Å². The van der Waals surface area contributed by atoms with Crippen molar-refractivity contribution in [2.75, 3.05) is 38.4 Å². The fourth-order valence-electron chi connectivity index (χ4n) is 10.0. The van der Waals surface area contributed by atoms with Crippen LogP contribution >= 0.6 is 0 Å². The second kappa shape index (κ2) is 34.8. The molecule has 0 saturated carbocycles. The minimum Gasteiger partial charge on any atom is -0.356 e. The Bertz CT molecular complexity index is 6340. The Balaban J connectivity index is 0.000000122. The first-order valence-corrected chi connectivity index (χ1v) is 33.1. The van der Waals surface area contributed by atoms with Crippen LogP contribution in [0.3, 0.4) is 0 Å². The van der Waals surface area contributed by atoms with Crippen LogP contribution in [-0.4, -0.2) is 144 Å². The molecule has 0 spiro atoms. The number of unbranched alkanes of at least 4 members (excludes halogenated alkanes) is 1. The standard InChI is InChI=1S/2C13H11N5O2.C12H9N5O2.C12H11N5O.C11H9N5O.C9H13N5O/c1-7-4-2-3-5-8(7)11(19)17-13-16-10-9(12(20)18-13)14-6-15-10;19-9(6-8-4-2-1-3-5-8)16-13-17-11-10(12(20)18-13)14-7-15-11;18-10(7-4-2-1-3-5-7)16-12-15-9-8(11(19)17-12)13-6-14-9;18-11-9-10(15-7-14-9)16-12(17-11)13-6-8-4-2-1-3-5-8;17-10-8-9(13-6-12-8)15-11(16-10)14-7-4-2-1-3-5-7;1-2-3-4-10-9-13-7-6(8(15)14-9)11-5-12-7/h2-6H,1H3,(H3,14,15,16,17,18,19,20);1-5,7H,6H2,(H3,14,15,16,17,18,19,20);1-6H,(H3,13,14,15,16,17,18,19);1-5,7H,6H2,(H3,13,14,15,16,17,18);1-6H,(H3,12,13,14,15,16,17);5H,2-4H2,1H3,(H3,10,11,12,13,14,15). The number of H-pyrrole nitrogens is 12. The Morgan fingerprint density at radius 2 is 0.697 bits per heavy atom. The maximum atomic E-state index is 12.1. The van der Waals surface area contributed by atoms with Gasteiger partial charge in [-0.3, -0.25) is 89.0 Å². The largest absolute Gasteiger partial charge is 0.356 e. The zero-order valence-electron chi connectivity index (χ0n) is 57.4. The molecule has 39 heteroatoms. The van der Waals surface area contributed by atoms with Crippen molar-refractivity contribution in [2.24, 2.45) is 0 Å². The first-order chi connectivity index (χ1) is 53.1. The van der Waals surface area contributed by atoms with Gasteiger partial charge in [0.25, 0.3) is 45.2 Å². The Kier molecular flexibility index (Phi) is 23.2. The van der Waals surface area contributed by atoms with Gasteiger partial charge in [0.05, 0.1) is 44.4 Å². The van der Waals surface area contributed by atoms with E-state index in [-0.39, 0.29) is 109 Å². The van der Waals surface area contributed by atoms with Crippen molar-refractivity contribution in [3.63, 3.8) is 0 Å². The number of hydrogen-bond donors (Lipinski definition) is 18. The van der Waals surface area contributed by atoms with Crippen LogP contribution in [0.2, 0.25) is 0 Å². The van der Waals surface area contributed by atoms with Gasteiger partial charge in [0.15, 0.2) is 67.0 Å². The number of nitrogens with one attached hydrogen (secondary N) is 18. The molecule has 0 saturated heterocycles. The van der Waals surface area contributed by atoms with E-state index in [2.05, 4.69) is 158 Å². The highest BCUT2D eigenvalue weighted by molar-refractivity contribution is 6.05. The quantitative estimate of drug-likeness (QED) is 0.0463. The second-order valence-electron chi connectivity index (χ2n) is 23.0. The number of carbonyl (C=O) groups excluding carboxylic acids is 3. The molecular weight excluding hydrogens is 1400 g/mol. The predicted octanol–water partition coefficient (Wildman–Crippen LogP) is 6.44. The maximum Gasteiger partial charge on any atom is 0.278 e. The van der Waals surface area contributed by atoms with Gasteiger partial charge >= 0.3 is 0 Å². The average Bonchev–Trinajstić information content (AvgIpc) is 1.76. The van der Waals surface area contributed by atoms with E-state index < -0.39 is 0 Å². The third-order valence-electron chi connectivity index (χ3n) is 15.3. The van der Waals surface area contributed by atoms with E-state index in [0.717, 1.165) is 41.8 Å². The minimum absolute atomic E-state index is 0.0680. The molecule has 109 heavy (non-hydrogen) atoms. The van der Waals surface area contributed by atoms with Gasteiger partial charge in [0, 0.05) is 29.9 Å². The third kappa shape index (κ3) is 19.2. The summed E-state index contributed by atoms with van der Waals surface area (Å²) >= 11 is 0. The Hall–Kier alpha value is -16.0. The third-order valence-corrected chi connectivity index (χ3v) is 15.3. The van der Waals surface area contributed by atoms with Gasteiger partial charge in [-0.15, -0.1) is 0 Å². The van der Waals surface area contributed by atoms with Crippen molar-refractivity contribution in [1.82, 2.24) is 120 Å². The first-order valence-electron chi connectivity index (χ1n) is 33.1. The monoisotopic (exact) mass is 1470 g/mol. The molecule has 0 aliphatic carbocycles. The highest BCUT2D eigenvalue weighted by atomic mass is 16.2. The normalized spacial score (nSPS) is 10.6. The molecule has 3 amide bonds. The second-order valence-corrected chi connectivity index (χ2v) is 23.0. The number of aryl methyl sites for hydroxylation is 1. The number of carbonyl (C=O) groups is 3. The fraction of sp³-hybridized carbons (Fsp3) is 0.100. The van der Waals surface area contributed by atoms with Crippen molar-refractivity contribution < 1.29 is 14.4 Å². The van der Waals surface area contributed by atoms with E-state index in [4.69, 9.17) is 0 Å². The lowest BCUT2D eigenvalue weighted by molar-refractivity contribution is -0.115. The van der Waals surface area contributed by atoms with Crippen molar-refractivity contribution in [3.05, 3.63) is 273 Å². The average molecular weight is 1470 g/mol. The van der Waals surface area contributed by atoms with Crippen LogP contribution in [0.5, 0.6) is 0 Å². The number of para-hydroxylation sites is 1. The summed E-state index contributed by atoms with van der Waals surface area (Å²) < 4.78 is 0. The van der Waals surface area contributed by atoms with Crippen molar-refractivity contribution in [3.8, 4) is 0 Å². The first kappa shape index (κ1) is 72.8. The van der Waals surface area contributed by atoms with E-state index in [0.29, 0.717) is 69.0 Å². The summed E-state index contributed by atoms with van der Waals surface area (Å²) in [5, 5.41) is 16.8. The smallest absolute Gasteiger partial charge is 0.278 e. The van der Waals surface area contributed by atoms with Gasteiger partial charge in [-0.1, -0.05) is 129 Å². The summed E-state index contributed by atoms with van der Waals surface area (Å²) in [6.07, 6.45) is 10.8. The van der Waals surface area contributed by atoms with Crippen LogP contribution in [0, 0.1) is 6.92 Å². The van der Waals surface area contributed by atoms with Gasteiger partial charge in [0.2, 0.25) is 41.6 Å². The van der Waals surface area contributed by atoms with E-state index in [1.54, 1.807) is 36.4 Å². The lowest BCUT2D eigenvalue weighted by Gasteiger charge is -2.06. The number of anilines is 7. The molecule has 17 aromatic rings. The van der Waals surface area contributed by atoms with Gasteiger partial charge < -0.3 is 45.9 Å². The molecule has 0 bridgehead atoms. The van der Waals surface area contributed by atoms with Crippen molar-refractivity contribution in [1.29, 1.82) is 0 Å². The van der Waals surface area contributed by atoms with E-state index in [1.807, 2.05) is 116 Å². The minimum atomic E-state index is -0.383. The molecule has 5 aromatic carbocycles. The van der Waals surface area contributed by atoms with Crippen LogP contribution < -0.4 is 65.3 Å². The van der Waals surface area contributed by atoms with Gasteiger partial charge in [-0.25, -0.2) is 29.9 Å². The Labute approximate surface area is 609 Å². The Morgan fingerprint density at radius 3 is 1.13 bits per heavy atom. The highest BCUT2D eigenvalue weighted by Gasteiger charge is 2.15. The topological polar surface area (TPSA) is 570 Å². The van der Waals surface area contributed by atoms with Crippen LogP contribution in [0.4, 0.5) is 41.4 Å². The van der Waals surface area contributed by atoms with Crippen molar-refractivity contribution in [2.45, 2.75) is 39.7 Å². The summed E-state index contributed by atoms with van der Waals surface area (Å²) in [6, 6.07) is 44.5. The van der Waals surface area contributed by atoms with Crippen LogP contribution in [0.25, 0.3) is 67.0 Å². The number of aromatic amines is 12. The number of benzene rings is 5. The molecule has 12 aromatic heterocycles. The summed E-state index contributed by atoms with van der Waals surface area (Å²) in [5.74, 6) is 0.572. The number of amides is 3. The number of rotatable bonds is 16. The highest BCUT2D eigenvalue weighted by Crippen LogP contribution is 2.15. The molecule has 548 valence electrons. The molecule has 0 atom stereocenters. The number of hydrogen-bond acceptors (Lipinski definition) is 24. The lowest BCUT2D eigenvalue weighted by Crippen LogP contribution is -2.19. The van der Waals surface area contributed by atoms with Gasteiger partial charge in [-0.2, -0.15) is 29.9 Å². The molecule has 18 N–H and O–H groups in total. The number of nitrogens with zero attached hydrogens (tertiary/aromatic N) is 12. The van der Waals surface area contributed by atoms with Crippen LogP contribution in [0.15, 0.2) is 212 Å². The van der Waals surface area contributed by atoms with E-state index >= 15 is 0 Å². The predicted molar refractivity (Wildman–Crippen MR) is 406 cm³/mol. The molecule has 17 rings (SSSR count). The molecule has 12 heterocycles. The molecule has 0 radical (unpaired) electrons. The number of imidazole rings is 6. The molecule has 0 aliphatic heterocycles. The summed E-state index contributed by atoms with van der Waals surface area (Å²) in [4.78, 5) is 186.